The Bertz CT molecular complexity index is 570. The van der Waals surface area contributed by atoms with E-state index in [4.69, 9.17) is 4.74 Å². The number of amides is 1. The van der Waals surface area contributed by atoms with Gasteiger partial charge < -0.3 is 4.74 Å². The molecule has 100 valence electrons. The molecular formula is C12H13BrN4O2. The van der Waals surface area contributed by atoms with Crippen molar-refractivity contribution >= 4 is 27.8 Å². The number of carbonyl (C=O) groups is 1. The van der Waals surface area contributed by atoms with Crippen LogP contribution >= 0.6 is 15.9 Å². The van der Waals surface area contributed by atoms with Crippen LogP contribution in [0.25, 0.3) is 0 Å². The Morgan fingerprint density at radius 1 is 1.53 bits per heavy atom. The SMILES string of the molecule is COCC(=O)Nc1ncn(Cc2cccc(Br)c2)n1. The highest BCUT2D eigenvalue weighted by molar-refractivity contribution is 9.10. The third-order valence-electron chi connectivity index (χ3n) is 2.30. The average molecular weight is 325 g/mol. The molecule has 1 heterocycles. The molecule has 0 bridgehead atoms. The van der Waals surface area contributed by atoms with Crippen molar-refractivity contribution in [3.8, 4) is 0 Å². The van der Waals surface area contributed by atoms with Crippen molar-refractivity contribution in [1.82, 2.24) is 14.8 Å². The monoisotopic (exact) mass is 324 g/mol. The number of nitrogens with zero attached hydrogens (tertiary/aromatic N) is 3. The van der Waals surface area contributed by atoms with Gasteiger partial charge in [0.05, 0.1) is 6.54 Å². The van der Waals surface area contributed by atoms with Crippen molar-refractivity contribution in [3.63, 3.8) is 0 Å². The zero-order chi connectivity index (χ0) is 13.7. The molecule has 0 aliphatic heterocycles. The summed E-state index contributed by atoms with van der Waals surface area (Å²) < 4.78 is 7.38. The summed E-state index contributed by atoms with van der Waals surface area (Å²) in [5.74, 6) is -0.000229. The van der Waals surface area contributed by atoms with Crippen molar-refractivity contribution in [2.75, 3.05) is 19.0 Å². The first-order chi connectivity index (χ1) is 9.17. The molecule has 0 saturated carbocycles. The van der Waals surface area contributed by atoms with Crippen LogP contribution in [0, 0.1) is 0 Å². The average Bonchev–Trinajstić information content (AvgIpc) is 2.76. The van der Waals surface area contributed by atoms with E-state index in [0.29, 0.717) is 6.54 Å². The second-order valence-corrected chi connectivity index (χ2v) is 4.79. The number of hydrogen-bond donors (Lipinski definition) is 1. The first kappa shape index (κ1) is 13.7. The van der Waals surface area contributed by atoms with Crippen LogP contribution in [0.4, 0.5) is 5.95 Å². The molecule has 0 atom stereocenters. The Hall–Kier alpha value is -1.73. The number of rotatable bonds is 5. The molecule has 1 N–H and O–H groups in total. The van der Waals surface area contributed by atoms with Crippen LogP contribution in [0.5, 0.6) is 0 Å². The summed E-state index contributed by atoms with van der Waals surface area (Å²) >= 11 is 3.41. The van der Waals surface area contributed by atoms with Crippen molar-refractivity contribution in [1.29, 1.82) is 0 Å². The Morgan fingerprint density at radius 2 is 2.37 bits per heavy atom. The molecule has 7 heteroatoms. The van der Waals surface area contributed by atoms with E-state index in [-0.39, 0.29) is 18.5 Å². The summed E-state index contributed by atoms with van der Waals surface area (Å²) in [4.78, 5) is 15.3. The molecule has 19 heavy (non-hydrogen) atoms. The molecule has 6 nitrogen and oxygen atoms in total. The number of carbonyl (C=O) groups excluding carboxylic acids is 1. The van der Waals surface area contributed by atoms with Crippen molar-refractivity contribution in [2.24, 2.45) is 0 Å². The lowest BCUT2D eigenvalue weighted by Crippen LogP contribution is -2.18. The lowest BCUT2D eigenvalue weighted by molar-refractivity contribution is -0.119. The van der Waals surface area contributed by atoms with Gasteiger partial charge in [0.25, 0.3) is 5.91 Å². The van der Waals surface area contributed by atoms with Gasteiger partial charge >= 0.3 is 0 Å². The van der Waals surface area contributed by atoms with E-state index in [1.54, 1.807) is 11.0 Å². The molecular weight excluding hydrogens is 312 g/mol. The fourth-order valence-corrected chi connectivity index (χ4v) is 1.99. The number of hydrogen-bond acceptors (Lipinski definition) is 4. The zero-order valence-electron chi connectivity index (χ0n) is 10.3. The Balaban J connectivity index is 1.99. The second kappa shape index (κ2) is 6.44. The minimum atomic E-state index is -0.275. The highest BCUT2D eigenvalue weighted by Crippen LogP contribution is 2.12. The third-order valence-corrected chi connectivity index (χ3v) is 2.79. The molecule has 2 aromatic rings. The van der Waals surface area contributed by atoms with Gasteiger partial charge in [-0.2, -0.15) is 0 Å². The predicted octanol–water partition coefficient (Wildman–Crippen LogP) is 1.67. The van der Waals surface area contributed by atoms with Crippen LogP contribution in [0.2, 0.25) is 0 Å². The molecule has 0 spiro atoms. The van der Waals surface area contributed by atoms with Crippen LogP contribution in [0.15, 0.2) is 35.1 Å². The molecule has 0 aliphatic rings. The normalized spacial score (nSPS) is 10.4. The first-order valence-electron chi connectivity index (χ1n) is 5.60. The predicted molar refractivity (Wildman–Crippen MR) is 73.8 cm³/mol. The van der Waals surface area contributed by atoms with Crippen molar-refractivity contribution in [2.45, 2.75) is 6.54 Å². The van der Waals surface area contributed by atoms with E-state index in [1.807, 2.05) is 24.3 Å². The van der Waals surface area contributed by atoms with Crippen LogP contribution in [-0.2, 0) is 16.1 Å². The van der Waals surface area contributed by atoms with E-state index in [0.717, 1.165) is 10.0 Å². The lowest BCUT2D eigenvalue weighted by atomic mass is 10.2. The van der Waals surface area contributed by atoms with Gasteiger partial charge in [-0.15, -0.1) is 5.10 Å². The summed E-state index contributed by atoms with van der Waals surface area (Å²) in [6.07, 6.45) is 1.57. The van der Waals surface area contributed by atoms with Crippen molar-refractivity contribution < 1.29 is 9.53 Å². The van der Waals surface area contributed by atoms with Gasteiger partial charge in [-0.3, -0.25) is 10.1 Å². The molecule has 1 amide bonds. The van der Waals surface area contributed by atoms with E-state index in [9.17, 15) is 4.79 Å². The number of anilines is 1. The standard InChI is InChI=1S/C12H13BrN4O2/c1-19-7-11(18)15-12-14-8-17(16-12)6-9-3-2-4-10(13)5-9/h2-5,8H,6-7H2,1H3,(H,15,16,18). The fraction of sp³-hybridized carbons (Fsp3) is 0.250. The van der Waals surface area contributed by atoms with Crippen LogP contribution in [0.3, 0.4) is 0 Å². The van der Waals surface area contributed by atoms with Gasteiger partial charge in [0.2, 0.25) is 5.95 Å². The maximum absolute atomic E-state index is 11.3. The number of nitrogens with one attached hydrogen (secondary N) is 1. The number of ether oxygens (including phenoxy) is 1. The van der Waals surface area contributed by atoms with Crippen LogP contribution in [-0.4, -0.2) is 34.4 Å². The van der Waals surface area contributed by atoms with Gasteiger partial charge in [0, 0.05) is 11.6 Å². The minimum absolute atomic E-state index is 0.0137. The van der Waals surface area contributed by atoms with E-state index < -0.39 is 0 Å². The summed E-state index contributed by atoms with van der Waals surface area (Å²) in [6.45, 7) is 0.576. The molecule has 0 saturated heterocycles. The quantitative estimate of drug-likeness (QED) is 0.908. The third kappa shape index (κ3) is 4.15. The largest absolute Gasteiger partial charge is 0.375 e. The van der Waals surface area contributed by atoms with Gasteiger partial charge in [-0.25, -0.2) is 9.67 Å². The lowest BCUT2D eigenvalue weighted by Gasteiger charge is -2.01. The Kier molecular flexibility index (Phi) is 4.64. The first-order valence-corrected chi connectivity index (χ1v) is 6.39. The van der Waals surface area contributed by atoms with E-state index in [2.05, 4.69) is 31.3 Å². The number of methoxy groups -OCH3 is 1. The molecule has 2 rings (SSSR count). The second-order valence-electron chi connectivity index (χ2n) is 3.88. The van der Waals surface area contributed by atoms with Gasteiger partial charge in [0.1, 0.15) is 12.9 Å². The van der Waals surface area contributed by atoms with Crippen LogP contribution < -0.4 is 5.32 Å². The Labute approximate surface area is 118 Å². The number of benzene rings is 1. The fourth-order valence-electron chi connectivity index (χ4n) is 1.54. The van der Waals surface area contributed by atoms with Crippen LogP contribution in [0.1, 0.15) is 5.56 Å². The van der Waals surface area contributed by atoms with Gasteiger partial charge in [0.15, 0.2) is 0 Å². The summed E-state index contributed by atoms with van der Waals surface area (Å²) in [6, 6.07) is 7.92. The Morgan fingerprint density at radius 3 is 3.11 bits per heavy atom. The van der Waals surface area contributed by atoms with Gasteiger partial charge in [-0.05, 0) is 17.7 Å². The molecule has 0 unspecified atom stereocenters. The van der Waals surface area contributed by atoms with E-state index in [1.165, 1.54) is 7.11 Å². The summed E-state index contributed by atoms with van der Waals surface area (Å²) in [7, 11) is 1.46. The topological polar surface area (TPSA) is 69.0 Å². The molecule has 0 radical (unpaired) electrons. The molecule has 1 aromatic carbocycles. The minimum Gasteiger partial charge on any atom is -0.375 e. The smallest absolute Gasteiger partial charge is 0.252 e. The molecule has 0 aliphatic carbocycles. The maximum atomic E-state index is 11.3. The van der Waals surface area contributed by atoms with E-state index >= 15 is 0 Å². The number of aromatic nitrogens is 3. The summed E-state index contributed by atoms with van der Waals surface area (Å²) in [5.41, 5.74) is 1.09. The highest BCUT2D eigenvalue weighted by atomic mass is 79.9. The molecule has 1 aromatic heterocycles. The highest BCUT2D eigenvalue weighted by Gasteiger charge is 2.06. The van der Waals surface area contributed by atoms with Crippen molar-refractivity contribution in [3.05, 3.63) is 40.6 Å². The number of halogens is 1. The zero-order valence-corrected chi connectivity index (χ0v) is 11.9. The molecule has 0 fully saturated rings. The van der Waals surface area contributed by atoms with Gasteiger partial charge in [-0.1, -0.05) is 28.1 Å². The maximum Gasteiger partial charge on any atom is 0.252 e. The summed E-state index contributed by atoms with van der Waals surface area (Å²) in [5, 5.41) is 6.70.